The Morgan fingerprint density at radius 3 is 2.19 bits per heavy atom. The standard InChI is InChI=1S/C20H22N4O2/c1-14-5-4-6-18(15(14)2)22-7-9-23(10-8-22)19-11-17(13-21)12-20(16(19)3)24(25)26/h4-6,11-12H,7-10H2,1-3H3. The van der Waals surface area contributed by atoms with E-state index in [1.165, 1.54) is 22.9 Å². The summed E-state index contributed by atoms with van der Waals surface area (Å²) in [6.45, 7) is 9.22. The van der Waals surface area contributed by atoms with Gasteiger partial charge in [-0.25, -0.2) is 0 Å². The first-order chi connectivity index (χ1) is 12.4. The van der Waals surface area contributed by atoms with Crippen LogP contribution in [0.3, 0.4) is 0 Å². The van der Waals surface area contributed by atoms with E-state index in [1.54, 1.807) is 13.0 Å². The van der Waals surface area contributed by atoms with Crippen LogP contribution in [-0.4, -0.2) is 31.1 Å². The van der Waals surface area contributed by atoms with E-state index in [9.17, 15) is 15.4 Å². The van der Waals surface area contributed by atoms with E-state index in [1.807, 2.05) is 6.07 Å². The third-order valence-electron chi connectivity index (χ3n) is 5.22. The lowest BCUT2D eigenvalue weighted by molar-refractivity contribution is -0.385. The van der Waals surface area contributed by atoms with Crippen molar-refractivity contribution in [3.63, 3.8) is 0 Å². The van der Waals surface area contributed by atoms with Crippen LogP contribution >= 0.6 is 0 Å². The lowest BCUT2D eigenvalue weighted by Crippen LogP contribution is -2.47. The number of nitro benzene ring substituents is 1. The van der Waals surface area contributed by atoms with Crippen LogP contribution in [0, 0.1) is 42.2 Å². The summed E-state index contributed by atoms with van der Waals surface area (Å²) in [4.78, 5) is 15.4. The van der Waals surface area contributed by atoms with Crippen LogP contribution in [-0.2, 0) is 0 Å². The van der Waals surface area contributed by atoms with Crippen LogP contribution in [0.25, 0.3) is 0 Å². The molecule has 26 heavy (non-hydrogen) atoms. The second-order valence-electron chi connectivity index (χ2n) is 6.70. The molecule has 0 amide bonds. The molecule has 134 valence electrons. The van der Waals surface area contributed by atoms with Gasteiger partial charge in [0, 0.05) is 43.6 Å². The van der Waals surface area contributed by atoms with Gasteiger partial charge in [0.2, 0.25) is 0 Å². The number of nitriles is 1. The number of hydrogen-bond acceptors (Lipinski definition) is 5. The highest BCUT2D eigenvalue weighted by molar-refractivity contribution is 5.66. The maximum absolute atomic E-state index is 11.3. The first-order valence-electron chi connectivity index (χ1n) is 8.67. The van der Waals surface area contributed by atoms with Gasteiger partial charge in [-0.2, -0.15) is 5.26 Å². The second-order valence-corrected chi connectivity index (χ2v) is 6.70. The molecule has 6 heteroatoms. The van der Waals surface area contributed by atoms with Crippen molar-refractivity contribution in [2.75, 3.05) is 36.0 Å². The zero-order valence-corrected chi connectivity index (χ0v) is 15.3. The van der Waals surface area contributed by atoms with Crippen molar-refractivity contribution in [3.8, 4) is 6.07 Å². The molecule has 0 aromatic heterocycles. The molecular formula is C20H22N4O2. The third kappa shape index (κ3) is 3.21. The number of aryl methyl sites for hydroxylation is 1. The van der Waals surface area contributed by atoms with E-state index in [0.29, 0.717) is 11.1 Å². The Bertz CT molecular complexity index is 893. The first kappa shape index (κ1) is 17.7. The second kappa shape index (κ2) is 7.04. The summed E-state index contributed by atoms with van der Waals surface area (Å²) in [5, 5.41) is 20.5. The van der Waals surface area contributed by atoms with Crippen molar-refractivity contribution in [2.45, 2.75) is 20.8 Å². The van der Waals surface area contributed by atoms with Gasteiger partial charge >= 0.3 is 0 Å². The summed E-state index contributed by atoms with van der Waals surface area (Å²) < 4.78 is 0. The van der Waals surface area contributed by atoms with Crippen molar-refractivity contribution in [2.24, 2.45) is 0 Å². The van der Waals surface area contributed by atoms with Gasteiger partial charge in [-0.1, -0.05) is 12.1 Å². The molecule has 2 aromatic rings. The van der Waals surface area contributed by atoms with Crippen molar-refractivity contribution >= 4 is 17.1 Å². The SMILES string of the molecule is Cc1cccc(N2CCN(c3cc(C#N)cc([N+](=O)[O-])c3C)CC2)c1C. The van der Waals surface area contributed by atoms with Crippen molar-refractivity contribution in [3.05, 3.63) is 62.7 Å². The molecule has 1 aliphatic heterocycles. The van der Waals surface area contributed by atoms with Gasteiger partial charge in [0.25, 0.3) is 5.69 Å². The van der Waals surface area contributed by atoms with Gasteiger partial charge in [0.15, 0.2) is 0 Å². The summed E-state index contributed by atoms with van der Waals surface area (Å²) in [7, 11) is 0. The molecule has 2 aromatic carbocycles. The van der Waals surface area contributed by atoms with Crippen molar-refractivity contribution < 1.29 is 4.92 Å². The highest BCUT2D eigenvalue weighted by Crippen LogP contribution is 2.32. The number of nitrogens with zero attached hydrogens (tertiary/aromatic N) is 4. The number of anilines is 2. The number of rotatable bonds is 3. The van der Waals surface area contributed by atoms with Crippen molar-refractivity contribution in [1.29, 1.82) is 5.26 Å². The zero-order chi connectivity index (χ0) is 18.8. The Balaban J connectivity index is 1.84. The highest BCUT2D eigenvalue weighted by atomic mass is 16.6. The Kier molecular flexibility index (Phi) is 4.81. The maximum atomic E-state index is 11.3. The molecule has 6 nitrogen and oxygen atoms in total. The molecule has 0 aliphatic carbocycles. The molecule has 3 rings (SSSR count). The fourth-order valence-corrected chi connectivity index (χ4v) is 3.53. The predicted molar refractivity (Wildman–Crippen MR) is 103 cm³/mol. The summed E-state index contributed by atoms with van der Waals surface area (Å²) in [5.41, 5.74) is 5.56. The minimum absolute atomic E-state index is 0.0102. The van der Waals surface area contributed by atoms with Crippen LogP contribution in [0.4, 0.5) is 17.1 Å². The minimum Gasteiger partial charge on any atom is -0.368 e. The van der Waals surface area contributed by atoms with Gasteiger partial charge < -0.3 is 9.80 Å². The van der Waals surface area contributed by atoms with E-state index >= 15 is 0 Å². The first-order valence-corrected chi connectivity index (χ1v) is 8.67. The number of benzene rings is 2. The van der Waals surface area contributed by atoms with Crippen molar-refractivity contribution in [1.82, 2.24) is 0 Å². The largest absolute Gasteiger partial charge is 0.368 e. The lowest BCUT2D eigenvalue weighted by atomic mass is 10.0. The Morgan fingerprint density at radius 2 is 1.62 bits per heavy atom. The zero-order valence-electron chi connectivity index (χ0n) is 15.3. The van der Waals surface area contributed by atoms with E-state index in [4.69, 9.17) is 0 Å². The quantitative estimate of drug-likeness (QED) is 0.623. The lowest BCUT2D eigenvalue weighted by Gasteiger charge is -2.38. The van der Waals surface area contributed by atoms with Crippen LogP contribution in [0.5, 0.6) is 0 Å². The van der Waals surface area contributed by atoms with Gasteiger partial charge in [-0.05, 0) is 44.0 Å². The van der Waals surface area contributed by atoms with E-state index in [2.05, 4.69) is 41.8 Å². The molecule has 0 unspecified atom stereocenters. The molecule has 0 saturated carbocycles. The van der Waals surface area contributed by atoms with Gasteiger partial charge in [0.05, 0.1) is 22.1 Å². The topological polar surface area (TPSA) is 73.4 Å². The Hall–Kier alpha value is -3.07. The van der Waals surface area contributed by atoms with Gasteiger partial charge in [0.1, 0.15) is 0 Å². The molecule has 0 N–H and O–H groups in total. The summed E-state index contributed by atoms with van der Waals surface area (Å²) in [5.74, 6) is 0. The summed E-state index contributed by atoms with van der Waals surface area (Å²) in [6, 6.07) is 11.5. The maximum Gasteiger partial charge on any atom is 0.275 e. The van der Waals surface area contributed by atoms with Gasteiger partial charge in [-0.3, -0.25) is 10.1 Å². The van der Waals surface area contributed by atoms with E-state index < -0.39 is 4.92 Å². The molecule has 1 heterocycles. The van der Waals surface area contributed by atoms with Gasteiger partial charge in [-0.15, -0.1) is 0 Å². The van der Waals surface area contributed by atoms with E-state index in [-0.39, 0.29) is 5.69 Å². The smallest absolute Gasteiger partial charge is 0.275 e. The highest BCUT2D eigenvalue weighted by Gasteiger charge is 2.24. The summed E-state index contributed by atoms with van der Waals surface area (Å²) >= 11 is 0. The fraction of sp³-hybridized carbons (Fsp3) is 0.350. The molecule has 1 saturated heterocycles. The predicted octanol–water partition coefficient (Wildman–Crippen LogP) is 3.72. The summed E-state index contributed by atoms with van der Waals surface area (Å²) in [6.07, 6.45) is 0. The molecule has 0 radical (unpaired) electrons. The van der Waals surface area contributed by atoms with E-state index in [0.717, 1.165) is 31.9 Å². The normalized spacial score (nSPS) is 14.2. The molecule has 1 fully saturated rings. The molecule has 1 aliphatic rings. The number of piperazine rings is 1. The molecule has 0 bridgehead atoms. The third-order valence-corrected chi connectivity index (χ3v) is 5.22. The fourth-order valence-electron chi connectivity index (χ4n) is 3.53. The molecular weight excluding hydrogens is 328 g/mol. The number of nitro groups is 1. The number of hydrogen-bond donors (Lipinski definition) is 0. The Labute approximate surface area is 153 Å². The Morgan fingerprint density at radius 1 is 1.00 bits per heavy atom. The average molecular weight is 350 g/mol. The molecule has 0 spiro atoms. The van der Waals surface area contributed by atoms with Crippen LogP contribution in [0.1, 0.15) is 22.3 Å². The average Bonchev–Trinajstić information content (AvgIpc) is 2.64. The van der Waals surface area contributed by atoms with Crippen LogP contribution < -0.4 is 9.80 Å². The minimum atomic E-state index is -0.411. The van der Waals surface area contributed by atoms with Crippen LogP contribution in [0.15, 0.2) is 30.3 Å². The van der Waals surface area contributed by atoms with Crippen LogP contribution in [0.2, 0.25) is 0 Å². The molecule has 0 atom stereocenters. The monoisotopic (exact) mass is 350 g/mol.